The summed E-state index contributed by atoms with van der Waals surface area (Å²) < 4.78 is 0. The van der Waals surface area contributed by atoms with Gasteiger partial charge in [-0.25, -0.2) is 15.0 Å². The number of pyridine rings is 2. The van der Waals surface area contributed by atoms with Crippen LogP contribution in [0.15, 0.2) is 36.8 Å². The van der Waals surface area contributed by atoms with Crippen LogP contribution in [0.2, 0.25) is 0 Å². The van der Waals surface area contributed by atoms with Gasteiger partial charge in [0.25, 0.3) is 5.91 Å². The maximum atomic E-state index is 11.2. The zero-order chi connectivity index (χ0) is 23.3. The van der Waals surface area contributed by atoms with E-state index in [1.54, 1.807) is 6.20 Å². The van der Waals surface area contributed by atoms with Gasteiger partial charge >= 0.3 is 0 Å². The first kappa shape index (κ1) is 20.7. The Morgan fingerprint density at radius 1 is 1.21 bits per heavy atom. The monoisotopic (exact) mass is 455 g/mol. The van der Waals surface area contributed by atoms with Crippen LogP contribution in [0, 0.1) is 11.3 Å². The highest BCUT2D eigenvalue weighted by Crippen LogP contribution is 2.58. The van der Waals surface area contributed by atoms with E-state index in [0.717, 1.165) is 36.0 Å². The lowest BCUT2D eigenvalue weighted by molar-refractivity contribution is -0.222. The Morgan fingerprint density at radius 2 is 2.03 bits per heavy atom. The minimum Gasteiger partial charge on any atom is -0.367 e. The van der Waals surface area contributed by atoms with E-state index >= 15 is 0 Å². The van der Waals surface area contributed by atoms with E-state index in [2.05, 4.69) is 36.6 Å². The number of anilines is 3. The van der Waals surface area contributed by atoms with Crippen LogP contribution in [0.4, 0.5) is 17.5 Å². The Hall–Kier alpha value is -3.84. The summed E-state index contributed by atoms with van der Waals surface area (Å²) in [5.41, 5.74) is 6.48. The molecule has 0 spiro atoms. The predicted molar refractivity (Wildman–Crippen MR) is 126 cm³/mol. The molecule has 10 nitrogen and oxygen atoms in total. The second-order valence-electron chi connectivity index (χ2n) is 9.52. The van der Waals surface area contributed by atoms with Crippen molar-refractivity contribution in [2.75, 3.05) is 10.6 Å². The quantitative estimate of drug-likeness (QED) is 0.489. The van der Waals surface area contributed by atoms with E-state index in [-0.39, 0.29) is 5.69 Å². The number of nitrogens with two attached hydrogens (primary N) is 1. The molecule has 2 unspecified atom stereocenters. The number of rotatable bonds is 7. The highest BCUT2D eigenvalue weighted by atomic mass is 16.1. The summed E-state index contributed by atoms with van der Waals surface area (Å²) >= 11 is 0. The first-order valence-electron chi connectivity index (χ1n) is 11.6. The average Bonchev–Trinajstić information content (AvgIpc) is 2.80. The lowest BCUT2D eigenvalue weighted by Crippen LogP contribution is -2.81. The van der Waals surface area contributed by atoms with Gasteiger partial charge in [-0.1, -0.05) is 0 Å². The van der Waals surface area contributed by atoms with Crippen molar-refractivity contribution in [2.45, 2.75) is 62.2 Å². The molecule has 0 aromatic carbocycles. The molecule has 6 heterocycles. The molecule has 3 aliphatic heterocycles. The van der Waals surface area contributed by atoms with Gasteiger partial charge in [0.1, 0.15) is 23.1 Å². The molecule has 3 fully saturated rings. The molecule has 10 heteroatoms. The molecule has 4 atom stereocenters. The number of carbonyl (C=O) groups is 1. The van der Waals surface area contributed by atoms with Crippen molar-refractivity contribution in [1.82, 2.24) is 24.8 Å². The number of hydrogen-bond donors (Lipinski definition) is 3. The van der Waals surface area contributed by atoms with E-state index < -0.39 is 5.91 Å². The molecule has 0 radical (unpaired) electrons. The van der Waals surface area contributed by atoms with E-state index in [9.17, 15) is 4.79 Å². The van der Waals surface area contributed by atoms with Gasteiger partial charge in [-0.05, 0) is 44.2 Å². The van der Waals surface area contributed by atoms with Crippen molar-refractivity contribution in [2.24, 2.45) is 5.73 Å². The molecule has 6 rings (SSSR count). The van der Waals surface area contributed by atoms with Crippen molar-refractivity contribution in [3.05, 3.63) is 42.5 Å². The molecule has 3 saturated heterocycles. The van der Waals surface area contributed by atoms with Crippen molar-refractivity contribution in [3.8, 4) is 6.07 Å². The lowest BCUT2D eigenvalue weighted by Gasteiger charge is -2.74. The van der Waals surface area contributed by atoms with Crippen molar-refractivity contribution in [3.63, 3.8) is 0 Å². The summed E-state index contributed by atoms with van der Waals surface area (Å²) in [5, 5.41) is 16.8. The largest absolute Gasteiger partial charge is 0.367 e. The summed E-state index contributed by atoms with van der Waals surface area (Å²) in [7, 11) is 0. The summed E-state index contributed by atoms with van der Waals surface area (Å²) in [4.78, 5) is 31.5. The molecule has 0 bridgehead atoms. The van der Waals surface area contributed by atoms with Crippen LogP contribution in [0.25, 0.3) is 10.9 Å². The summed E-state index contributed by atoms with van der Waals surface area (Å²) in [6.45, 7) is 0. The maximum Gasteiger partial charge on any atom is 0.268 e. The van der Waals surface area contributed by atoms with Crippen LogP contribution >= 0.6 is 0 Å². The zero-order valence-electron chi connectivity index (χ0n) is 18.6. The topological polar surface area (TPSA) is 146 Å². The van der Waals surface area contributed by atoms with Gasteiger partial charge in [0.05, 0.1) is 24.0 Å². The van der Waals surface area contributed by atoms with Gasteiger partial charge in [-0.15, -0.1) is 0 Å². The second-order valence-corrected chi connectivity index (χ2v) is 9.52. The summed E-state index contributed by atoms with van der Waals surface area (Å²) in [5.74, 6) is 1.23. The number of amides is 1. The number of nitrogens with zero attached hydrogens (tertiary/aromatic N) is 6. The molecular weight excluding hydrogens is 430 g/mol. The molecule has 3 aromatic heterocycles. The van der Waals surface area contributed by atoms with Crippen molar-refractivity contribution < 1.29 is 4.79 Å². The number of nitriles is 1. The van der Waals surface area contributed by atoms with Crippen LogP contribution in [0.1, 0.15) is 49.0 Å². The van der Waals surface area contributed by atoms with Crippen molar-refractivity contribution >= 4 is 34.3 Å². The molecule has 1 amide bonds. The predicted octanol–water partition coefficient (Wildman–Crippen LogP) is 2.73. The standard InChI is InChI=1S/C24H25N9O/c25-5-2-4-24-10-15-7-14(8-16(11-24)33(15)24)30-23-17-3-1-6-27-18(17)9-20(32-23)31-21-13-28-19(12-29-21)22(26)34/h1,3,6,9,12-16H,2,4,7-8,10-11H2,(H2,26,34)(H2,29,30,31,32)/t14?,15-,16+,24?. The first-order valence-corrected chi connectivity index (χ1v) is 11.6. The minimum atomic E-state index is -0.621. The Labute approximate surface area is 196 Å². The molecule has 3 aliphatic rings. The normalized spacial score (nSPS) is 27.1. The van der Waals surface area contributed by atoms with Gasteiger partial charge in [0, 0.05) is 47.7 Å². The van der Waals surface area contributed by atoms with Gasteiger partial charge < -0.3 is 16.4 Å². The molecule has 172 valence electrons. The van der Waals surface area contributed by atoms with Crippen LogP contribution in [-0.4, -0.2) is 54.4 Å². The van der Waals surface area contributed by atoms with E-state index in [0.29, 0.717) is 41.7 Å². The first-order chi connectivity index (χ1) is 16.5. The minimum absolute atomic E-state index is 0.107. The van der Waals surface area contributed by atoms with E-state index in [1.165, 1.54) is 25.2 Å². The van der Waals surface area contributed by atoms with Crippen LogP contribution < -0.4 is 16.4 Å². The summed E-state index contributed by atoms with van der Waals surface area (Å²) in [6.07, 6.45) is 10.8. The number of primary amides is 1. The van der Waals surface area contributed by atoms with Gasteiger partial charge in [-0.2, -0.15) is 5.26 Å². The molecular formula is C24H25N9O. The second kappa shape index (κ2) is 7.88. The third-order valence-electron chi connectivity index (χ3n) is 7.48. The van der Waals surface area contributed by atoms with Gasteiger partial charge in [0.15, 0.2) is 0 Å². The number of fused-ring (bicyclic) bond motifs is 1. The Balaban J connectivity index is 1.21. The third-order valence-corrected chi connectivity index (χ3v) is 7.48. The zero-order valence-corrected chi connectivity index (χ0v) is 18.6. The maximum absolute atomic E-state index is 11.2. The smallest absolute Gasteiger partial charge is 0.268 e. The number of carbonyl (C=O) groups excluding carboxylic acids is 1. The molecule has 4 N–H and O–H groups in total. The van der Waals surface area contributed by atoms with Gasteiger partial charge in [0.2, 0.25) is 0 Å². The van der Waals surface area contributed by atoms with Gasteiger partial charge in [-0.3, -0.25) is 14.7 Å². The number of piperidine rings is 2. The SMILES string of the molecule is N#CCCC12C[C@H]3CC(Nc4nc(Nc5cnc(C(N)=O)cn5)cc5ncccc45)C[C@@H](C1)N32. The van der Waals surface area contributed by atoms with Crippen molar-refractivity contribution in [1.29, 1.82) is 5.26 Å². The highest BCUT2D eigenvalue weighted by Gasteiger charge is 2.64. The lowest BCUT2D eigenvalue weighted by atomic mass is 9.57. The highest BCUT2D eigenvalue weighted by molar-refractivity contribution is 5.92. The Morgan fingerprint density at radius 3 is 2.74 bits per heavy atom. The average molecular weight is 456 g/mol. The third kappa shape index (κ3) is 3.40. The molecule has 34 heavy (non-hydrogen) atoms. The Bertz CT molecular complexity index is 1290. The fourth-order valence-electron chi connectivity index (χ4n) is 6.20. The number of nitrogens with one attached hydrogen (secondary N) is 2. The fourth-order valence-corrected chi connectivity index (χ4v) is 6.20. The Kier molecular flexibility index (Phi) is 4.81. The van der Waals surface area contributed by atoms with Crippen LogP contribution in [-0.2, 0) is 0 Å². The summed E-state index contributed by atoms with van der Waals surface area (Å²) in [6, 6.07) is 9.64. The number of aromatic nitrogens is 4. The van der Waals surface area contributed by atoms with Crippen LogP contribution in [0.3, 0.4) is 0 Å². The van der Waals surface area contributed by atoms with Crippen LogP contribution in [0.5, 0.6) is 0 Å². The van der Waals surface area contributed by atoms with E-state index in [1.807, 2.05) is 18.2 Å². The fraction of sp³-hybridized carbons (Fsp3) is 0.417. The molecule has 0 aliphatic carbocycles. The number of hydrogen-bond acceptors (Lipinski definition) is 9. The van der Waals surface area contributed by atoms with E-state index in [4.69, 9.17) is 16.0 Å². The molecule has 3 aromatic rings. The molecule has 0 saturated carbocycles.